The molecule has 1 heterocycles. The van der Waals surface area contributed by atoms with E-state index in [-0.39, 0.29) is 5.91 Å². The lowest BCUT2D eigenvalue weighted by Gasteiger charge is -2.29. The fraction of sp³-hybridized carbons (Fsp3) is 0.167. The minimum atomic E-state index is -0.229. The molecule has 1 fully saturated rings. The van der Waals surface area contributed by atoms with Gasteiger partial charge < -0.3 is 15.0 Å². The molecule has 0 atom stereocenters. The van der Waals surface area contributed by atoms with E-state index in [1.54, 1.807) is 18.2 Å². The summed E-state index contributed by atoms with van der Waals surface area (Å²) in [6, 6.07) is 22.4. The quantitative estimate of drug-likeness (QED) is 0.560. The highest BCUT2D eigenvalue weighted by Crippen LogP contribution is 2.34. The van der Waals surface area contributed by atoms with Gasteiger partial charge in [-0.3, -0.25) is 4.79 Å². The molecule has 0 unspecified atom stereocenters. The lowest BCUT2D eigenvalue weighted by molar-refractivity contribution is 0.102. The summed E-state index contributed by atoms with van der Waals surface area (Å²) in [5.41, 5.74) is 2.68. The molecule has 1 aliphatic rings. The minimum Gasteiger partial charge on any atom is -0.378 e. The summed E-state index contributed by atoms with van der Waals surface area (Å²) < 4.78 is 5.39. The summed E-state index contributed by atoms with van der Waals surface area (Å²) in [7, 11) is 0. The zero-order chi connectivity index (χ0) is 21.6. The summed E-state index contributed by atoms with van der Waals surface area (Å²) in [5, 5.41) is 12.9. The van der Waals surface area contributed by atoms with Gasteiger partial charge >= 0.3 is 0 Å². The van der Waals surface area contributed by atoms with Crippen molar-refractivity contribution in [1.29, 1.82) is 5.26 Å². The predicted octanol–water partition coefficient (Wildman–Crippen LogP) is 5.45. The number of nitrogens with zero attached hydrogens (tertiary/aromatic N) is 2. The van der Waals surface area contributed by atoms with E-state index in [0.29, 0.717) is 35.1 Å². The van der Waals surface area contributed by atoms with Crippen molar-refractivity contribution >= 4 is 40.6 Å². The first-order chi connectivity index (χ1) is 15.2. The van der Waals surface area contributed by atoms with Gasteiger partial charge in [0.15, 0.2) is 0 Å². The molecule has 1 amide bonds. The molecule has 1 saturated heterocycles. The van der Waals surface area contributed by atoms with Gasteiger partial charge in [-0.2, -0.15) is 5.26 Å². The number of rotatable bonds is 5. The van der Waals surface area contributed by atoms with Crippen LogP contribution in [0.4, 0.5) is 11.4 Å². The van der Waals surface area contributed by atoms with Gasteiger partial charge in [-0.25, -0.2) is 0 Å². The zero-order valence-electron chi connectivity index (χ0n) is 16.7. The van der Waals surface area contributed by atoms with Crippen molar-refractivity contribution in [2.45, 2.75) is 9.79 Å². The number of carbonyl (C=O) groups is 1. The van der Waals surface area contributed by atoms with Crippen LogP contribution in [0.25, 0.3) is 0 Å². The Balaban J connectivity index is 1.53. The second-order valence-electron chi connectivity index (χ2n) is 6.93. The number of carbonyl (C=O) groups excluding carboxylic acids is 1. The van der Waals surface area contributed by atoms with Crippen LogP contribution < -0.4 is 10.2 Å². The molecular formula is C24H20ClN3O2S. The second-order valence-corrected chi connectivity index (χ2v) is 8.42. The van der Waals surface area contributed by atoms with E-state index in [1.807, 2.05) is 48.5 Å². The Morgan fingerprint density at radius 2 is 1.74 bits per heavy atom. The van der Waals surface area contributed by atoms with Crippen LogP contribution in [0.2, 0.25) is 5.02 Å². The Bertz CT molecular complexity index is 1140. The van der Waals surface area contributed by atoms with Crippen molar-refractivity contribution < 1.29 is 9.53 Å². The van der Waals surface area contributed by atoms with Crippen LogP contribution in [0.3, 0.4) is 0 Å². The van der Waals surface area contributed by atoms with E-state index in [0.717, 1.165) is 28.6 Å². The second kappa shape index (κ2) is 9.88. The molecule has 3 aromatic carbocycles. The van der Waals surface area contributed by atoms with E-state index in [2.05, 4.69) is 16.3 Å². The van der Waals surface area contributed by atoms with Gasteiger partial charge in [0.25, 0.3) is 5.91 Å². The monoisotopic (exact) mass is 449 g/mol. The number of halogens is 1. The maximum absolute atomic E-state index is 13.0. The summed E-state index contributed by atoms with van der Waals surface area (Å²) in [5.74, 6) is -0.229. The maximum atomic E-state index is 13.0. The first-order valence-corrected chi connectivity index (χ1v) is 11.0. The molecule has 0 radical (unpaired) electrons. The Kier molecular flexibility index (Phi) is 6.78. The first-order valence-electron chi connectivity index (χ1n) is 9.85. The van der Waals surface area contributed by atoms with E-state index >= 15 is 0 Å². The molecule has 1 N–H and O–H groups in total. The molecule has 3 aromatic rings. The summed E-state index contributed by atoms with van der Waals surface area (Å²) in [4.78, 5) is 16.8. The van der Waals surface area contributed by atoms with E-state index < -0.39 is 0 Å². The van der Waals surface area contributed by atoms with Crippen molar-refractivity contribution in [1.82, 2.24) is 0 Å². The SMILES string of the molecule is N#Cc1ccccc1Sc1ccccc1C(=O)Nc1ccc(N2CCOCC2)c(Cl)c1. The van der Waals surface area contributed by atoms with Gasteiger partial charge in [0.1, 0.15) is 6.07 Å². The highest BCUT2D eigenvalue weighted by molar-refractivity contribution is 7.99. The third-order valence-electron chi connectivity index (χ3n) is 4.92. The van der Waals surface area contributed by atoms with Crippen LogP contribution in [-0.2, 0) is 4.74 Å². The van der Waals surface area contributed by atoms with E-state index in [4.69, 9.17) is 16.3 Å². The van der Waals surface area contributed by atoms with Gasteiger partial charge in [0.05, 0.1) is 35.1 Å². The first kappa shape index (κ1) is 21.3. The smallest absolute Gasteiger partial charge is 0.256 e. The topological polar surface area (TPSA) is 65.4 Å². The number of nitrogens with one attached hydrogen (secondary N) is 1. The molecule has 4 rings (SSSR count). The van der Waals surface area contributed by atoms with Crippen LogP contribution in [0.5, 0.6) is 0 Å². The Morgan fingerprint density at radius 3 is 2.48 bits per heavy atom. The number of morpholine rings is 1. The standard InChI is InChI=1S/C24H20ClN3O2S/c25-20-15-18(9-10-21(20)28-11-13-30-14-12-28)27-24(29)19-6-2-4-8-23(19)31-22-7-3-1-5-17(22)16-26/h1-10,15H,11-14H2,(H,27,29). The number of ether oxygens (including phenoxy) is 1. The molecule has 0 aromatic heterocycles. The van der Waals surface area contributed by atoms with Gasteiger partial charge in [-0.1, -0.05) is 47.6 Å². The molecule has 7 heteroatoms. The molecule has 156 valence electrons. The third-order valence-corrected chi connectivity index (χ3v) is 6.37. The average Bonchev–Trinajstić information content (AvgIpc) is 2.80. The number of nitriles is 1. The normalized spacial score (nSPS) is 13.5. The third kappa shape index (κ3) is 5.02. The predicted molar refractivity (Wildman–Crippen MR) is 124 cm³/mol. The molecule has 0 saturated carbocycles. The Hall–Kier alpha value is -2.98. The van der Waals surface area contributed by atoms with Gasteiger partial charge in [-0.15, -0.1) is 0 Å². The molecular weight excluding hydrogens is 430 g/mol. The number of hydrogen-bond acceptors (Lipinski definition) is 5. The van der Waals surface area contributed by atoms with Crippen LogP contribution in [0.15, 0.2) is 76.5 Å². The molecule has 0 spiro atoms. The number of benzene rings is 3. The average molecular weight is 450 g/mol. The van der Waals surface area contributed by atoms with Crippen LogP contribution in [0, 0.1) is 11.3 Å². The summed E-state index contributed by atoms with van der Waals surface area (Å²) in [6.45, 7) is 2.94. The molecule has 0 aliphatic carbocycles. The molecule has 5 nitrogen and oxygen atoms in total. The lowest BCUT2D eigenvalue weighted by Crippen LogP contribution is -2.36. The summed E-state index contributed by atoms with van der Waals surface area (Å²) in [6.07, 6.45) is 0. The largest absolute Gasteiger partial charge is 0.378 e. The Morgan fingerprint density at radius 1 is 1.03 bits per heavy atom. The van der Waals surface area contributed by atoms with Crippen molar-refractivity contribution in [3.05, 3.63) is 82.9 Å². The fourth-order valence-corrected chi connectivity index (χ4v) is 4.68. The van der Waals surface area contributed by atoms with E-state index in [1.165, 1.54) is 11.8 Å². The highest BCUT2D eigenvalue weighted by atomic mass is 35.5. The fourth-order valence-electron chi connectivity index (χ4n) is 3.35. The van der Waals surface area contributed by atoms with Crippen molar-refractivity contribution in [2.24, 2.45) is 0 Å². The Labute approximate surface area is 190 Å². The number of anilines is 2. The molecule has 31 heavy (non-hydrogen) atoms. The lowest BCUT2D eigenvalue weighted by atomic mass is 10.2. The van der Waals surface area contributed by atoms with Crippen LogP contribution in [0.1, 0.15) is 15.9 Å². The van der Waals surface area contributed by atoms with Gasteiger partial charge in [0, 0.05) is 28.6 Å². The zero-order valence-corrected chi connectivity index (χ0v) is 18.2. The van der Waals surface area contributed by atoms with Crippen LogP contribution in [-0.4, -0.2) is 32.2 Å². The minimum absolute atomic E-state index is 0.229. The number of hydrogen-bond donors (Lipinski definition) is 1. The molecule has 1 aliphatic heterocycles. The van der Waals surface area contributed by atoms with Gasteiger partial charge in [-0.05, 0) is 42.5 Å². The maximum Gasteiger partial charge on any atom is 0.256 e. The van der Waals surface area contributed by atoms with E-state index in [9.17, 15) is 10.1 Å². The van der Waals surface area contributed by atoms with Crippen molar-refractivity contribution in [2.75, 3.05) is 36.5 Å². The highest BCUT2D eigenvalue weighted by Gasteiger charge is 2.17. The van der Waals surface area contributed by atoms with Crippen LogP contribution >= 0.6 is 23.4 Å². The summed E-state index contributed by atoms with van der Waals surface area (Å²) >= 11 is 7.90. The molecule has 0 bridgehead atoms. The number of amides is 1. The van der Waals surface area contributed by atoms with Crippen molar-refractivity contribution in [3.63, 3.8) is 0 Å². The van der Waals surface area contributed by atoms with Gasteiger partial charge in [0.2, 0.25) is 0 Å². The van der Waals surface area contributed by atoms with Crippen molar-refractivity contribution in [3.8, 4) is 6.07 Å².